The van der Waals surface area contributed by atoms with E-state index in [9.17, 15) is 9.59 Å². The zero-order valence-electron chi connectivity index (χ0n) is 13.0. The third-order valence-corrected chi connectivity index (χ3v) is 4.32. The third-order valence-electron chi connectivity index (χ3n) is 4.04. The number of aryl methyl sites for hydroxylation is 1. The van der Waals surface area contributed by atoms with Gasteiger partial charge >= 0.3 is 5.69 Å². The standard InChI is InChI=1S/C15H13ClN6O2/c1-19-12-11(13(23)20(2)15(19)24)22(14(16)18-12)8-9-7-21-6-4-3-5-10(21)17-9/h3-7H,8H2,1-2H3. The Labute approximate surface area is 140 Å². The van der Waals surface area contributed by atoms with E-state index in [2.05, 4.69) is 9.97 Å². The van der Waals surface area contributed by atoms with Crippen LogP contribution in [0.4, 0.5) is 0 Å². The van der Waals surface area contributed by atoms with Crippen LogP contribution >= 0.6 is 11.6 Å². The maximum absolute atomic E-state index is 12.5. The molecule has 0 unspecified atom stereocenters. The highest BCUT2D eigenvalue weighted by Crippen LogP contribution is 2.17. The van der Waals surface area contributed by atoms with Gasteiger partial charge in [-0.25, -0.2) is 9.78 Å². The van der Waals surface area contributed by atoms with E-state index < -0.39 is 11.2 Å². The monoisotopic (exact) mass is 344 g/mol. The van der Waals surface area contributed by atoms with Crippen molar-refractivity contribution in [3.63, 3.8) is 0 Å². The SMILES string of the molecule is Cn1c(=O)c2c(nc(Cl)n2Cc2cn3ccccc3n2)n(C)c1=O. The highest BCUT2D eigenvalue weighted by Gasteiger charge is 2.18. The summed E-state index contributed by atoms with van der Waals surface area (Å²) in [7, 11) is 2.99. The first-order valence-corrected chi connectivity index (χ1v) is 7.59. The highest BCUT2D eigenvalue weighted by molar-refractivity contribution is 6.29. The number of fused-ring (bicyclic) bond motifs is 2. The normalized spacial score (nSPS) is 11.6. The first kappa shape index (κ1) is 14.7. The van der Waals surface area contributed by atoms with Gasteiger partial charge in [-0.3, -0.25) is 13.9 Å². The molecule has 0 saturated carbocycles. The Morgan fingerprint density at radius 2 is 1.92 bits per heavy atom. The van der Waals surface area contributed by atoms with Gasteiger partial charge in [0.2, 0.25) is 5.28 Å². The summed E-state index contributed by atoms with van der Waals surface area (Å²) < 4.78 is 5.81. The molecule has 0 spiro atoms. The Balaban J connectivity index is 1.95. The van der Waals surface area contributed by atoms with E-state index in [1.165, 1.54) is 11.6 Å². The molecule has 4 aromatic rings. The van der Waals surface area contributed by atoms with Crippen molar-refractivity contribution in [3.8, 4) is 0 Å². The fraction of sp³-hybridized carbons (Fsp3) is 0.200. The summed E-state index contributed by atoms with van der Waals surface area (Å²) >= 11 is 6.22. The zero-order valence-corrected chi connectivity index (χ0v) is 13.7. The van der Waals surface area contributed by atoms with E-state index in [0.29, 0.717) is 0 Å². The minimum Gasteiger partial charge on any atom is -0.307 e. The van der Waals surface area contributed by atoms with Crippen LogP contribution in [-0.2, 0) is 20.6 Å². The van der Waals surface area contributed by atoms with Crippen LogP contribution in [-0.4, -0.2) is 28.1 Å². The maximum atomic E-state index is 12.5. The van der Waals surface area contributed by atoms with Crippen LogP contribution in [0.15, 0.2) is 40.2 Å². The third kappa shape index (κ3) is 2.00. The Morgan fingerprint density at radius 3 is 2.67 bits per heavy atom. The smallest absolute Gasteiger partial charge is 0.307 e. The molecule has 122 valence electrons. The summed E-state index contributed by atoms with van der Waals surface area (Å²) in [5, 5.41) is 0.139. The molecule has 4 aromatic heterocycles. The minimum atomic E-state index is -0.443. The molecule has 0 aliphatic heterocycles. The lowest BCUT2D eigenvalue weighted by molar-refractivity contribution is 0.701. The highest BCUT2D eigenvalue weighted by atomic mass is 35.5. The average molecular weight is 345 g/mol. The second-order valence-corrected chi connectivity index (χ2v) is 5.88. The van der Waals surface area contributed by atoms with Crippen LogP contribution in [0.5, 0.6) is 0 Å². The van der Waals surface area contributed by atoms with Crippen LogP contribution in [0.2, 0.25) is 5.28 Å². The number of halogens is 1. The molecule has 0 amide bonds. The predicted octanol–water partition coefficient (Wildman–Crippen LogP) is 0.783. The van der Waals surface area contributed by atoms with Gasteiger partial charge in [-0.15, -0.1) is 0 Å². The van der Waals surface area contributed by atoms with E-state index in [1.807, 2.05) is 35.0 Å². The summed E-state index contributed by atoms with van der Waals surface area (Å²) in [6, 6.07) is 5.70. The van der Waals surface area contributed by atoms with Crippen molar-refractivity contribution in [1.82, 2.24) is 28.1 Å². The van der Waals surface area contributed by atoms with Crippen LogP contribution in [0.25, 0.3) is 16.8 Å². The molecule has 0 aliphatic rings. The molecule has 0 fully saturated rings. The summed E-state index contributed by atoms with van der Waals surface area (Å²) in [5.74, 6) is 0. The molecule has 4 heterocycles. The topological polar surface area (TPSA) is 79.1 Å². The van der Waals surface area contributed by atoms with Crippen LogP contribution in [0.3, 0.4) is 0 Å². The first-order valence-electron chi connectivity index (χ1n) is 7.21. The Hall–Kier alpha value is -2.87. The number of rotatable bonds is 2. The van der Waals surface area contributed by atoms with Crippen molar-refractivity contribution in [1.29, 1.82) is 0 Å². The molecular weight excluding hydrogens is 332 g/mol. The Morgan fingerprint density at radius 1 is 1.12 bits per heavy atom. The number of imidazole rings is 2. The molecule has 0 aromatic carbocycles. The number of pyridine rings is 1. The summed E-state index contributed by atoms with van der Waals surface area (Å²) in [5.41, 5.74) is 1.20. The van der Waals surface area contributed by atoms with E-state index in [1.54, 1.807) is 11.6 Å². The molecule has 0 N–H and O–H groups in total. The van der Waals surface area contributed by atoms with Gasteiger partial charge in [0.25, 0.3) is 5.56 Å². The van der Waals surface area contributed by atoms with Crippen molar-refractivity contribution in [3.05, 3.63) is 62.4 Å². The Kier molecular flexibility index (Phi) is 3.10. The van der Waals surface area contributed by atoms with E-state index in [0.717, 1.165) is 15.9 Å². The molecular formula is C15H13ClN6O2. The Bertz CT molecular complexity index is 1180. The molecule has 0 bridgehead atoms. The molecule has 0 atom stereocenters. The minimum absolute atomic E-state index is 0.139. The zero-order chi connectivity index (χ0) is 17.0. The van der Waals surface area contributed by atoms with Gasteiger partial charge in [0.1, 0.15) is 5.65 Å². The van der Waals surface area contributed by atoms with Crippen molar-refractivity contribution < 1.29 is 0 Å². The molecule has 8 nitrogen and oxygen atoms in total. The fourth-order valence-electron chi connectivity index (χ4n) is 2.79. The lowest BCUT2D eigenvalue weighted by Crippen LogP contribution is -2.37. The first-order chi connectivity index (χ1) is 11.5. The molecule has 4 rings (SSSR count). The maximum Gasteiger partial charge on any atom is 0.332 e. The van der Waals surface area contributed by atoms with Gasteiger partial charge in [-0.2, -0.15) is 4.98 Å². The largest absolute Gasteiger partial charge is 0.332 e. The van der Waals surface area contributed by atoms with E-state index >= 15 is 0 Å². The summed E-state index contributed by atoms with van der Waals surface area (Å²) in [6.45, 7) is 0.282. The van der Waals surface area contributed by atoms with Gasteiger partial charge in [-0.1, -0.05) is 6.07 Å². The fourth-order valence-corrected chi connectivity index (χ4v) is 3.01. The van der Waals surface area contributed by atoms with E-state index in [-0.39, 0.29) is 23.0 Å². The number of hydrogen-bond donors (Lipinski definition) is 0. The molecule has 0 saturated heterocycles. The number of hydrogen-bond acceptors (Lipinski definition) is 4. The number of nitrogens with zero attached hydrogens (tertiary/aromatic N) is 6. The van der Waals surface area contributed by atoms with Gasteiger partial charge in [-0.05, 0) is 23.7 Å². The lowest BCUT2D eigenvalue weighted by Gasteiger charge is -2.05. The van der Waals surface area contributed by atoms with Crippen LogP contribution in [0.1, 0.15) is 5.69 Å². The lowest BCUT2D eigenvalue weighted by atomic mass is 10.4. The average Bonchev–Trinajstić information content (AvgIpc) is 3.12. The van der Waals surface area contributed by atoms with E-state index in [4.69, 9.17) is 11.6 Å². The second kappa shape index (κ2) is 5.07. The molecule has 0 aliphatic carbocycles. The number of aromatic nitrogens is 6. The molecule has 0 radical (unpaired) electrons. The van der Waals surface area contributed by atoms with Crippen molar-refractivity contribution in [2.24, 2.45) is 14.1 Å². The summed E-state index contributed by atoms with van der Waals surface area (Å²) in [6.07, 6.45) is 3.76. The van der Waals surface area contributed by atoms with Crippen LogP contribution < -0.4 is 11.2 Å². The van der Waals surface area contributed by atoms with Gasteiger partial charge < -0.3 is 8.97 Å². The predicted molar refractivity (Wildman–Crippen MR) is 89.5 cm³/mol. The molecule has 24 heavy (non-hydrogen) atoms. The molecule has 9 heteroatoms. The van der Waals surface area contributed by atoms with Crippen molar-refractivity contribution in [2.45, 2.75) is 6.54 Å². The van der Waals surface area contributed by atoms with Crippen molar-refractivity contribution in [2.75, 3.05) is 0 Å². The quantitative estimate of drug-likeness (QED) is 0.503. The van der Waals surface area contributed by atoms with Gasteiger partial charge in [0, 0.05) is 26.5 Å². The van der Waals surface area contributed by atoms with Gasteiger partial charge in [0.15, 0.2) is 11.2 Å². The van der Waals surface area contributed by atoms with Gasteiger partial charge in [0.05, 0.1) is 12.2 Å². The van der Waals surface area contributed by atoms with Crippen molar-refractivity contribution >= 4 is 28.4 Å². The van der Waals surface area contributed by atoms with Crippen LogP contribution in [0, 0.1) is 0 Å². The summed E-state index contributed by atoms with van der Waals surface area (Å²) in [4.78, 5) is 33.2. The second-order valence-electron chi connectivity index (χ2n) is 5.54.